The standard InChI is InChI=1S/C20H19N5O3/c1-4-6-15-13(5-2)18(26)16(20(28)25(15)3)17-14(19(27)24-23-17)11-22-12-7-9-21-10-8-12/h4-11,16H,1H2,2-3H3,(H2,23,24,27)/b13-5+,15-6+,22-11?/t16-/m0/s1. The van der Waals surface area contributed by atoms with Gasteiger partial charge in [-0.15, -0.1) is 0 Å². The molecule has 2 aromatic rings. The molecule has 0 saturated carbocycles. The van der Waals surface area contributed by atoms with Crippen LogP contribution in [0.3, 0.4) is 0 Å². The summed E-state index contributed by atoms with van der Waals surface area (Å²) >= 11 is 0. The molecule has 142 valence electrons. The molecule has 1 saturated heterocycles. The lowest BCUT2D eigenvalue weighted by molar-refractivity contribution is -0.136. The summed E-state index contributed by atoms with van der Waals surface area (Å²) in [6.07, 6.45) is 9.25. The van der Waals surface area contributed by atoms with Gasteiger partial charge < -0.3 is 10.00 Å². The van der Waals surface area contributed by atoms with Gasteiger partial charge in [-0.25, -0.2) is 0 Å². The van der Waals surface area contributed by atoms with Crippen LogP contribution in [0.15, 0.2) is 70.4 Å². The minimum absolute atomic E-state index is 0.128. The van der Waals surface area contributed by atoms with Crippen LogP contribution in [0.4, 0.5) is 5.69 Å². The average molecular weight is 377 g/mol. The number of nitrogens with one attached hydrogen (secondary N) is 2. The van der Waals surface area contributed by atoms with Crippen molar-refractivity contribution in [2.24, 2.45) is 4.99 Å². The van der Waals surface area contributed by atoms with Crippen molar-refractivity contribution in [3.63, 3.8) is 0 Å². The van der Waals surface area contributed by atoms with Gasteiger partial charge >= 0.3 is 0 Å². The molecule has 1 fully saturated rings. The zero-order chi connectivity index (χ0) is 20.3. The number of aromatic nitrogens is 3. The average Bonchev–Trinajstić information content (AvgIpc) is 3.06. The number of carbonyl (C=O) groups excluding carboxylic acids is 2. The summed E-state index contributed by atoms with van der Waals surface area (Å²) in [7, 11) is 1.58. The number of pyridine rings is 1. The van der Waals surface area contributed by atoms with E-state index in [-0.39, 0.29) is 11.3 Å². The maximum absolute atomic E-state index is 13.1. The number of piperidine rings is 1. The highest BCUT2D eigenvalue weighted by molar-refractivity contribution is 6.20. The van der Waals surface area contributed by atoms with Crippen molar-refractivity contribution < 1.29 is 9.59 Å². The highest BCUT2D eigenvalue weighted by Gasteiger charge is 2.42. The highest BCUT2D eigenvalue weighted by atomic mass is 16.2. The summed E-state index contributed by atoms with van der Waals surface area (Å²) in [5, 5.41) is 5.12. The molecule has 8 heteroatoms. The fourth-order valence-electron chi connectivity index (χ4n) is 3.05. The summed E-state index contributed by atoms with van der Waals surface area (Å²) in [4.78, 5) is 47.8. The first-order valence-corrected chi connectivity index (χ1v) is 8.55. The van der Waals surface area contributed by atoms with E-state index in [0.29, 0.717) is 17.0 Å². The number of carbonyl (C=O) groups is 2. The third-order valence-corrected chi connectivity index (χ3v) is 4.45. The van der Waals surface area contributed by atoms with Crippen molar-refractivity contribution in [2.45, 2.75) is 12.8 Å². The molecular formula is C20H19N5O3. The Kier molecular flexibility index (Phi) is 5.30. The van der Waals surface area contributed by atoms with Crippen LogP contribution in [0.25, 0.3) is 0 Å². The predicted molar refractivity (Wildman–Crippen MR) is 105 cm³/mol. The zero-order valence-electron chi connectivity index (χ0n) is 15.5. The molecule has 1 atom stereocenters. The van der Waals surface area contributed by atoms with E-state index < -0.39 is 23.2 Å². The van der Waals surface area contributed by atoms with Gasteiger partial charge in [0.25, 0.3) is 5.56 Å². The zero-order valence-corrected chi connectivity index (χ0v) is 15.5. The van der Waals surface area contributed by atoms with Gasteiger partial charge in [0.15, 0.2) is 5.78 Å². The van der Waals surface area contributed by atoms with E-state index in [9.17, 15) is 14.4 Å². The van der Waals surface area contributed by atoms with Gasteiger partial charge in [0.05, 0.1) is 22.6 Å². The van der Waals surface area contributed by atoms with Crippen LogP contribution in [-0.4, -0.2) is 45.0 Å². The number of nitrogens with zero attached hydrogens (tertiary/aromatic N) is 3. The van der Waals surface area contributed by atoms with E-state index in [2.05, 4.69) is 26.8 Å². The van der Waals surface area contributed by atoms with Crippen molar-refractivity contribution in [1.29, 1.82) is 0 Å². The Morgan fingerprint density at radius 2 is 1.93 bits per heavy atom. The number of rotatable bonds is 4. The molecule has 0 spiro atoms. The fraction of sp³-hybridized carbons (Fsp3) is 0.150. The molecule has 1 aliphatic heterocycles. The third-order valence-electron chi connectivity index (χ3n) is 4.45. The number of Topliss-reactive ketones (excluding diaryl/α,β-unsaturated/α-hetero) is 1. The number of hydrogen-bond acceptors (Lipinski definition) is 5. The van der Waals surface area contributed by atoms with Gasteiger partial charge in [-0.05, 0) is 25.1 Å². The van der Waals surface area contributed by atoms with E-state index in [1.165, 1.54) is 17.2 Å². The predicted octanol–water partition coefficient (Wildman–Crippen LogP) is 1.99. The van der Waals surface area contributed by atoms with Crippen molar-refractivity contribution in [3.8, 4) is 0 Å². The molecule has 1 aliphatic rings. The second-order valence-electron chi connectivity index (χ2n) is 6.05. The summed E-state index contributed by atoms with van der Waals surface area (Å²) in [5.41, 5.74) is 1.28. The lowest BCUT2D eigenvalue weighted by Crippen LogP contribution is -2.43. The van der Waals surface area contributed by atoms with Crippen LogP contribution >= 0.6 is 0 Å². The molecule has 3 rings (SSSR count). The van der Waals surface area contributed by atoms with Gasteiger partial charge in [0, 0.05) is 31.2 Å². The lowest BCUT2D eigenvalue weighted by Gasteiger charge is -2.32. The van der Waals surface area contributed by atoms with Crippen LogP contribution in [0.2, 0.25) is 0 Å². The molecule has 0 aliphatic carbocycles. The van der Waals surface area contributed by atoms with Gasteiger partial charge in [-0.1, -0.05) is 18.7 Å². The third kappa shape index (κ3) is 3.27. The Bertz CT molecular complexity index is 1070. The highest BCUT2D eigenvalue weighted by Crippen LogP contribution is 2.33. The summed E-state index contributed by atoms with van der Waals surface area (Å²) in [5.74, 6) is -2.01. The number of H-pyrrole nitrogens is 2. The van der Waals surface area contributed by atoms with Gasteiger partial charge in [0.1, 0.15) is 5.92 Å². The van der Waals surface area contributed by atoms with Gasteiger partial charge in [0.2, 0.25) is 5.91 Å². The second-order valence-corrected chi connectivity index (χ2v) is 6.05. The summed E-state index contributed by atoms with van der Waals surface area (Å²) in [6, 6.07) is 3.35. The monoisotopic (exact) mass is 377 g/mol. The smallest absolute Gasteiger partial charge is 0.273 e. The Morgan fingerprint density at radius 3 is 2.57 bits per heavy atom. The molecule has 1 amide bonds. The second kappa shape index (κ2) is 7.83. The van der Waals surface area contributed by atoms with E-state index in [0.717, 1.165) is 0 Å². The Morgan fingerprint density at radius 1 is 1.21 bits per heavy atom. The number of ketones is 1. The van der Waals surface area contributed by atoms with Crippen LogP contribution in [0.5, 0.6) is 0 Å². The van der Waals surface area contributed by atoms with Crippen LogP contribution < -0.4 is 5.56 Å². The first-order chi connectivity index (χ1) is 13.5. The number of amides is 1. The van der Waals surface area contributed by atoms with Crippen molar-refractivity contribution >= 4 is 23.6 Å². The maximum Gasteiger partial charge on any atom is 0.273 e. The molecule has 3 heterocycles. The maximum atomic E-state index is 13.1. The molecule has 2 aromatic heterocycles. The molecule has 28 heavy (non-hydrogen) atoms. The quantitative estimate of drug-likeness (QED) is 0.482. The molecule has 0 bridgehead atoms. The van der Waals surface area contributed by atoms with E-state index in [1.54, 1.807) is 50.6 Å². The summed E-state index contributed by atoms with van der Waals surface area (Å²) < 4.78 is 0. The topological polar surface area (TPSA) is 111 Å². The molecular weight excluding hydrogens is 358 g/mol. The molecule has 2 N–H and O–H groups in total. The van der Waals surface area contributed by atoms with Crippen molar-refractivity contribution in [2.75, 3.05) is 7.05 Å². The van der Waals surface area contributed by atoms with Crippen LogP contribution in [0, 0.1) is 0 Å². The SMILES string of the molecule is C=C/C=C1\C(=C/C)C(=O)[C@H](c2[nH][nH]c(=O)c2C=Nc2ccncc2)C(=O)N1C. The normalized spacial score (nSPS) is 20.5. The Labute approximate surface area is 161 Å². The number of hydrogen-bond donors (Lipinski definition) is 2. The molecule has 8 nitrogen and oxygen atoms in total. The fourth-order valence-corrected chi connectivity index (χ4v) is 3.05. The molecule has 0 unspecified atom stereocenters. The first kappa shape index (κ1) is 19.0. The summed E-state index contributed by atoms with van der Waals surface area (Å²) in [6.45, 7) is 5.35. The molecule has 0 aromatic carbocycles. The largest absolute Gasteiger partial charge is 0.314 e. The Hall–Kier alpha value is -3.81. The number of likely N-dealkylation sites (tertiary alicyclic amines) is 1. The van der Waals surface area contributed by atoms with Gasteiger partial charge in [-0.2, -0.15) is 0 Å². The molecule has 0 radical (unpaired) electrons. The van der Waals surface area contributed by atoms with E-state index in [4.69, 9.17) is 0 Å². The number of aromatic amines is 2. The first-order valence-electron chi connectivity index (χ1n) is 8.55. The number of allylic oxidation sites excluding steroid dienone is 4. The van der Waals surface area contributed by atoms with Crippen molar-refractivity contribution in [3.05, 3.63) is 82.2 Å². The number of likely N-dealkylation sites (N-methyl/N-ethyl adjacent to an activating group) is 1. The Balaban J connectivity index is 2.07. The minimum Gasteiger partial charge on any atom is -0.314 e. The van der Waals surface area contributed by atoms with Crippen molar-refractivity contribution in [1.82, 2.24) is 20.1 Å². The van der Waals surface area contributed by atoms with Crippen LogP contribution in [-0.2, 0) is 9.59 Å². The van der Waals surface area contributed by atoms with E-state index >= 15 is 0 Å². The lowest BCUT2D eigenvalue weighted by atomic mass is 9.85. The number of aliphatic imine (C=N–C) groups is 1. The van der Waals surface area contributed by atoms with Crippen LogP contribution in [0.1, 0.15) is 24.1 Å². The minimum atomic E-state index is -1.17. The van der Waals surface area contributed by atoms with Gasteiger partial charge in [-0.3, -0.25) is 29.5 Å². The van der Waals surface area contributed by atoms with E-state index in [1.807, 2.05) is 0 Å².